The number of aromatic nitrogens is 3. The Hall–Kier alpha value is -3.46. The third-order valence-electron chi connectivity index (χ3n) is 4.83. The van der Waals surface area contributed by atoms with Gasteiger partial charge in [0.1, 0.15) is 18.1 Å². The van der Waals surface area contributed by atoms with Gasteiger partial charge in [-0.2, -0.15) is 0 Å². The van der Waals surface area contributed by atoms with Crippen LogP contribution in [0.5, 0.6) is 11.5 Å². The molecule has 3 rings (SSSR count). The van der Waals surface area contributed by atoms with Crippen LogP contribution in [0.1, 0.15) is 17.2 Å². The van der Waals surface area contributed by atoms with E-state index in [9.17, 15) is 4.39 Å². The first-order valence-corrected chi connectivity index (χ1v) is 10.4. The third-order valence-corrected chi connectivity index (χ3v) is 4.83. The predicted molar refractivity (Wildman–Crippen MR) is 121 cm³/mol. The Labute approximate surface area is 187 Å². The number of aryl methyl sites for hydroxylation is 1. The van der Waals surface area contributed by atoms with Crippen molar-refractivity contribution in [2.75, 3.05) is 26.8 Å². The molecule has 0 atom stereocenters. The molecule has 0 fully saturated rings. The quantitative estimate of drug-likeness (QED) is 0.286. The Morgan fingerprint density at radius 3 is 2.56 bits per heavy atom. The number of guanidine groups is 1. The van der Waals surface area contributed by atoms with Crippen molar-refractivity contribution in [1.29, 1.82) is 0 Å². The number of ether oxygens (including phenoxy) is 2. The maximum atomic E-state index is 14.5. The molecule has 0 aliphatic heterocycles. The van der Waals surface area contributed by atoms with Crippen LogP contribution in [-0.4, -0.2) is 47.5 Å². The maximum absolute atomic E-state index is 14.5. The van der Waals surface area contributed by atoms with Crippen molar-refractivity contribution in [2.45, 2.75) is 19.9 Å². The lowest BCUT2D eigenvalue weighted by Gasteiger charge is -2.13. The molecule has 1 heterocycles. The van der Waals surface area contributed by atoms with Crippen LogP contribution in [0.4, 0.5) is 4.39 Å². The molecule has 0 saturated carbocycles. The van der Waals surface area contributed by atoms with Crippen molar-refractivity contribution >= 4 is 5.96 Å². The molecule has 0 spiro atoms. The molecule has 0 bridgehead atoms. The molecule has 0 amide bonds. The van der Waals surface area contributed by atoms with Crippen molar-refractivity contribution in [3.63, 3.8) is 0 Å². The van der Waals surface area contributed by atoms with Crippen LogP contribution in [0.3, 0.4) is 0 Å². The minimum atomic E-state index is -0.392. The molecule has 8 nitrogen and oxygen atoms in total. The Morgan fingerprint density at radius 1 is 1.09 bits per heavy atom. The zero-order chi connectivity index (χ0) is 22.8. The van der Waals surface area contributed by atoms with E-state index >= 15 is 0 Å². The minimum Gasteiger partial charge on any atom is -0.454 e. The average Bonchev–Trinajstić information content (AvgIpc) is 3.12. The number of para-hydroxylation sites is 1. The number of methoxy groups -OCH3 is 1. The molecular weight excluding hydrogens is 411 g/mol. The van der Waals surface area contributed by atoms with E-state index in [1.54, 1.807) is 25.3 Å². The number of hydrogen-bond acceptors (Lipinski definition) is 5. The maximum Gasteiger partial charge on any atom is 0.191 e. The normalized spacial score (nSPS) is 11.4. The van der Waals surface area contributed by atoms with Gasteiger partial charge in [0, 0.05) is 27.2 Å². The molecule has 3 aromatic rings. The van der Waals surface area contributed by atoms with Gasteiger partial charge in [-0.15, -0.1) is 10.2 Å². The van der Waals surface area contributed by atoms with Gasteiger partial charge >= 0.3 is 0 Å². The Kier molecular flexibility index (Phi) is 8.56. The van der Waals surface area contributed by atoms with E-state index in [2.05, 4.69) is 25.8 Å². The van der Waals surface area contributed by atoms with Gasteiger partial charge in [0.15, 0.2) is 23.4 Å². The Bertz CT molecular complexity index is 1020. The molecular formula is C23H29FN6O2. The number of nitrogens with one attached hydrogen (secondary N) is 2. The summed E-state index contributed by atoms with van der Waals surface area (Å²) in [4.78, 5) is 4.57. The van der Waals surface area contributed by atoms with Gasteiger partial charge < -0.3 is 24.7 Å². The van der Waals surface area contributed by atoms with E-state index in [1.165, 1.54) is 6.07 Å². The first-order chi connectivity index (χ1) is 15.6. The molecule has 0 radical (unpaired) electrons. The molecule has 170 valence electrons. The second kappa shape index (κ2) is 11.8. The summed E-state index contributed by atoms with van der Waals surface area (Å²) >= 11 is 0. The van der Waals surface area contributed by atoms with Crippen LogP contribution < -0.4 is 15.4 Å². The summed E-state index contributed by atoms with van der Waals surface area (Å²) < 4.78 is 27.1. The van der Waals surface area contributed by atoms with Crippen LogP contribution in [0.2, 0.25) is 0 Å². The highest BCUT2D eigenvalue weighted by molar-refractivity contribution is 5.79. The Morgan fingerprint density at radius 2 is 1.88 bits per heavy atom. The molecule has 1 aromatic heterocycles. The largest absolute Gasteiger partial charge is 0.454 e. The smallest absolute Gasteiger partial charge is 0.191 e. The van der Waals surface area contributed by atoms with E-state index in [4.69, 9.17) is 9.47 Å². The van der Waals surface area contributed by atoms with Gasteiger partial charge in [0.05, 0.1) is 6.61 Å². The molecule has 0 unspecified atom stereocenters. The monoisotopic (exact) mass is 440 g/mol. The van der Waals surface area contributed by atoms with Crippen LogP contribution in [0, 0.1) is 12.7 Å². The fourth-order valence-electron chi connectivity index (χ4n) is 2.91. The lowest BCUT2D eigenvalue weighted by atomic mass is 10.1. The summed E-state index contributed by atoms with van der Waals surface area (Å²) in [5.41, 5.74) is 0.857. The van der Waals surface area contributed by atoms with E-state index in [-0.39, 0.29) is 5.75 Å². The standard InChI is InChI=1S/C23H29FN6O2/c1-17-28-29-22(30(17)2)16-27-23(26-13-14-31-3)25-12-11-18-9-10-21(20(24)15-18)32-19-7-5-4-6-8-19/h4-10,15H,11-14,16H2,1-3H3,(H2,25,26,27). The van der Waals surface area contributed by atoms with Gasteiger partial charge in [0.25, 0.3) is 0 Å². The van der Waals surface area contributed by atoms with E-state index in [0.717, 1.165) is 17.2 Å². The van der Waals surface area contributed by atoms with E-state index in [0.29, 0.717) is 44.4 Å². The molecule has 0 aliphatic carbocycles. The van der Waals surface area contributed by atoms with Crippen LogP contribution in [-0.2, 0) is 24.8 Å². The van der Waals surface area contributed by atoms with Crippen molar-refractivity contribution in [3.05, 3.63) is 71.6 Å². The van der Waals surface area contributed by atoms with Gasteiger partial charge in [-0.05, 0) is 43.2 Å². The zero-order valence-electron chi connectivity index (χ0n) is 18.6. The van der Waals surface area contributed by atoms with Gasteiger partial charge in [-0.3, -0.25) is 0 Å². The number of aliphatic imine (C=N–C) groups is 1. The summed E-state index contributed by atoms with van der Waals surface area (Å²) in [7, 11) is 3.55. The van der Waals surface area contributed by atoms with Crippen molar-refractivity contribution < 1.29 is 13.9 Å². The fourth-order valence-corrected chi connectivity index (χ4v) is 2.91. The first kappa shape index (κ1) is 23.2. The summed E-state index contributed by atoms with van der Waals surface area (Å²) in [5.74, 6) is 2.64. The lowest BCUT2D eigenvalue weighted by molar-refractivity contribution is 0.203. The highest BCUT2D eigenvalue weighted by atomic mass is 19.1. The number of nitrogens with zero attached hydrogens (tertiary/aromatic N) is 4. The number of hydrogen-bond donors (Lipinski definition) is 2. The molecule has 2 aromatic carbocycles. The number of halogens is 1. The SMILES string of the molecule is COCCNC(=NCc1nnc(C)n1C)NCCc1ccc(Oc2ccccc2)c(F)c1. The van der Waals surface area contributed by atoms with Gasteiger partial charge in [-0.1, -0.05) is 24.3 Å². The van der Waals surface area contributed by atoms with Gasteiger partial charge in [-0.25, -0.2) is 9.38 Å². The lowest BCUT2D eigenvalue weighted by Crippen LogP contribution is -2.40. The summed E-state index contributed by atoms with van der Waals surface area (Å²) in [6.45, 7) is 4.03. The van der Waals surface area contributed by atoms with Crippen molar-refractivity contribution in [3.8, 4) is 11.5 Å². The Balaban J connectivity index is 1.56. The number of rotatable bonds is 10. The van der Waals surface area contributed by atoms with Crippen molar-refractivity contribution in [2.24, 2.45) is 12.0 Å². The van der Waals surface area contributed by atoms with Crippen LogP contribution >= 0.6 is 0 Å². The zero-order valence-corrected chi connectivity index (χ0v) is 18.6. The molecule has 2 N–H and O–H groups in total. The summed E-state index contributed by atoms with van der Waals surface area (Å²) in [6, 6.07) is 14.2. The fraction of sp³-hybridized carbons (Fsp3) is 0.348. The number of benzene rings is 2. The highest BCUT2D eigenvalue weighted by Gasteiger charge is 2.08. The average molecular weight is 441 g/mol. The second-order valence-corrected chi connectivity index (χ2v) is 7.16. The second-order valence-electron chi connectivity index (χ2n) is 7.16. The van der Waals surface area contributed by atoms with Crippen LogP contribution in [0.15, 0.2) is 53.5 Å². The minimum absolute atomic E-state index is 0.204. The molecule has 0 aliphatic rings. The summed E-state index contributed by atoms with van der Waals surface area (Å²) in [6.07, 6.45) is 0.622. The first-order valence-electron chi connectivity index (χ1n) is 10.4. The summed E-state index contributed by atoms with van der Waals surface area (Å²) in [5, 5.41) is 14.7. The molecule has 32 heavy (non-hydrogen) atoms. The van der Waals surface area contributed by atoms with Crippen molar-refractivity contribution in [1.82, 2.24) is 25.4 Å². The molecule has 0 saturated heterocycles. The van der Waals surface area contributed by atoms with E-state index in [1.807, 2.05) is 42.8 Å². The van der Waals surface area contributed by atoms with Gasteiger partial charge in [0.2, 0.25) is 0 Å². The predicted octanol–water partition coefficient (Wildman–Crippen LogP) is 2.98. The topological polar surface area (TPSA) is 85.6 Å². The third kappa shape index (κ3) is 6.78. The van der Waals surface area contributed by atoms with E-state index < -0.39 is 5.82 Å². The highest BCUT2D eigenvalue weighted by Crippen LogP contribution is 2.25. The molecule has 9 heteroatoms. The van der Waals surface area contributed by atoms with Crippen LogP contribution in [0.25, 0.3) is 0 Å².